The number of unbranched alkanes of at least 4 members (excludes halogenated alkanes) is 26. The van der Waals surface area contributed by atoms with E-state index in [1.807, 2.05) is 0 Å². The molecule has 80 heavy (non-hydrogen) atoms. The molecule has 0 fully saturated rings. The molecular formula is C74H122O6. The molecule has 0 aliphatic heterocycles. The normalized spacial score (nSPS) is 13.0. The van der Waals surface area contributed by atoms with Gasteiger partial charge in [0.15, 0.2) is 6.10 Å². The van der Waals surface area contributed by atoms with E-state index < -0.39 is 6.10 Å². The maximum atomic E-state index is 12.9. The Kier molecular flexibility index (Phi) is 63.3. The highest BCUT2D eigenvalue weighted by molar-refractivity contribution is 5.71. The van der Waals surface area contributed by atoms with Gasteiger partial charge in [-0.05, 0) is 116 Å². The summed E-state index contributed by atoms with van der Waals surface area (Å²) in [4.78, 5) is 38.2. The Bertz CT molecular complexity index is 1700. The van der Waals surface area contributed by atoms with Gasteiger partial charge in [0.25, 0.3) is 0 Å². The Morgan fingerprint density at radius 3 is 0.775 bits per heavy atom. The van der Waals surface area contributed by atoms with Gasteiger partial charge in [0.2, 0.25) is 0 Å². The lowest BCUT2D eigenvalue weighted by molar-refractivity contribution is -0.167. The molecule has 1 atom stereocenters. The van der Waals surface area contributed by atoms with E-state index in [1.54, 1.807) is 0 Å². The predicted molar refractivity (Wildman–Crippen MR) is 348 cm³/mol. The van der Waals surface area contributed by atoms with Crippen LogP contribution < -0.4 is 0 Å². The van der Waals surface area contributed by atoms with Gasteiger partial charge in [0, 0.05) is 19.3 Å². The molecule has 0 N–H and O–H groups in total. The number of ether oxygens (including phenoxy) is 3. The fraction of sp³-hybridized carbons (Fsp3) is 0.662. The molecule has 0 aromatic heterocycles. The van der Waals surface area contributed by atoms with Crippen molar-refractivity contribution in [2.24, 2.45) is 0 Å². The highest BCUT2D eigenvalue weighted by atomic mass is 16.6. The second-order valence-corrected chi connectivity index (χ2v) is 21.6. The number of rotatable bonds is 59. The van der Waals surface area contributed by atoms with E-state index in [4.69, 9.17) is 14.2 Å². The lowest BCUT2D eigenvalue weighted by atomic mass is 10.0. The zero-order valence-electron chi connectivity index (χ0n) is 52.0. The number of hydrogen-bond donors (Lipinski definition) is 0. The second kappa shape index (κ2) is 67.1. The van der Waals surface area contributed by atoms with Crippen molar-refractivity contribution in [3.05, 3.63) is 134 Å². The average molecular weight is 1110 g/mol. The molecule has 0 amide bonds. The van der Waals surface area contributed by atoms with Gasteiger partial charge in [-0.1, -0.05) is 296 Å². The van der Waals surface area contributed by atoms with Gasteiger partial charge in [-0.3, -0.25) is 14.4 Å². The first kappa shape index (κ1) is 75.5. The van der Waals surface area contributed by atoms with E-state index in [1.165, 1.54) is 122 Å². The molecule has 0 aromatic carbocycles. The van der Waals surface area contributed by atoms with Crippen LogP contribution in [0.15, 0.2) is 134 Å². The summed E-state index contributed by atoms with van der Waals surface area (Å²) in [5, 5.41) is 0. The molecule has 0 heterocycles. The maximum absolute atomic E-state index is 12.9. The second-order valence-electron chi connectivity index (χ2n) is 21.6. The molecule has 0 spiro atoms. The van der Waals surface area contributed by atoms with Gasteiger partial charge in [-0.15, -0.1) is 0 Å². The van der Waals surface area contributed by atoms with Crippen LogP contribution in [0.3, 0.4) is 0 Å². The summed E-state index contributed by atoms with van der Waals surface area (Å²) in [7, 11) is 0. The molecule has 0 bridgehead atoms. The third-order valence-corrected chi connectivity index (χ3v) is 13.9. The first-order valence-electron chi connectivity index (χ1n) is 33.2. The summed E-state index contributed by atoms with van der Waals surface area (Å²) in [6.45, 7) is 6.37. The first-order valence-corrected chi connectivity index (χ1v) is 33.2. The SMILES string of the molecule is CC/C=C\C/C=C\C/C=C\C/C=C\C/C=C\C/C=C\C/C=C\CCCCCC(=O)OC(COC(=O)CCCCCCCCCC)COC(=O)CCCCCCCCCCCCCCCCCC/C=C\C/C=C\C/C=C\C/C=C\CC. The fourth-order valence-corrected chi connectivity index (χ4v) is 9.00. The summed E-state index contributed by atoms with van der Waals surface area (Å²) < 4.78 is 16.8. The minimum atomic E-state index is -0.797. The summed E-state index contributed by atoms with van der Waals surface area (Å²) in [5.41, 5.74) is 0. The number of carbonyl (C=O) groups excluding carboxylic acids is 3. The Morgan fingerprint density at radius 1 is 0.263 bits per heavy atom. The van der Waals surface area contributed by atoms with Gasteiger partial charge in [0.05, 0.1) is 0 Å². The van der Waals surface area contributed by atoms with Gasteiger partial charge in [-0.2, -0.15) is 0 Å². The van der Waals surface area contributed by atoms with Crippen molar-refractivity contribution in [1.82, 2.24) is 0 Å². The van der Waals surface area contributed by atoms with Crippen molar-refractivity contribution in [2.75, 3.05) is 13.2 Å². The number of esters is 3. The Morgan fingerprint density at radius 2 is 0.487 bits per heavy atom. The third kappa shape index (κ3) is 64.4. The molecule has 0 saturated carbocycles. The summed E-state index contributed by atoms with van der Waals surface area (Å²) in [6, 6.07) is 0. The lowest BCUT2D eigenvalue weighted by Crippen LogP contribution is -2.30. The van der Waals surface area contributed by atoms with Gasteiger partial charge in [-0.25, -0.2) is 0 Å². The number of hydrogen-bond acceptors (Lipinski definition) is 6. The molecule has 0 radical (unpaired) electrons. The Balaban J connectivity index is 4.21. The average Bonchev–Trinajstić information content (AvgIpc) is 3.46. The van der Waals surface area contributed by atoms with Crippen LogP contribution in [0.4, 0.5) is 0 Å². The van der Waals surface area contributed by atoms with Crippen LogP contribution in [-0.2, 0) is 28.6 Å². The van der Waals surface area contributed by atoms with Gasteiger partial charge in [0.1, 0.15) is 13.2 Å². The van der Waals surface area contributed by atoms with Crippen molar-refractivity contribution in [2.45, 2.75) is 303 Å². The molecule has 6 heteroatoms. The van der Waals surface area contributed by atoms with Crippen LogP contribution in [0.5, 0.6) is 0 Å². The molecule has 0 aliphatic rings. The van der Waals surface area contributed by atoms with Crippen molar-refractivity contribution in [1.29, 1.82) is 0 Å². The Hall–Kier alpha value is -4.45. The molecular weight excluding hydrogens is 985 g/mol. The highest BCUT2D eigenvalue weighted by Crippen LogP contribution is 2.16. The highest BCUT2D eigenvalue weighted by Gasteiger charge is 2.19. The zero-order valence-corrected chi connectivity index (χ0v) is 52.0. The number of carbonyl (C=O) groups is 3. The van der Waals surface area contributed by atoms with E-state index in [0.717, 1.165) is 135 Å². The monoisotopic (exact) mass is 1110 g/mol. The van der Waals surface area contributed by atoms with E-state index in [9.17, 15) is 14.4 Å². The molecule has 1 unspecified atom stereocenters. The molecule has 0 saturated heterocycles. The van der Waals surface area contributed by atoms with Crippen molar-refractivity contribution >= 4 is 17.9 Å². The van der Waals surface area contributed by atoms with Crippen LogP contribution in [0, 0.1) is 0 Å². The fourth-order valence-electron chi connectivity index (χ4n) is 9.00. The largest absolute Gasteiger partial charge is 0.462 e. The molecule has 6 nitrogen and oxygen atoms in total. The standard InChI is InChI=1S/C74H122O6/c1-4-7-10-13-16-19-21-23-25-27-29-31-33-35-36-37-38-40-41-43-45-47-49-51-53-55-58-61-64-67-73(76)79-70-71(69-78-72(75)66-63-60-57-18-15-12-9-6-3)80-74(77)68-65-62-59-56-54-52-50-48-46-44-42-39-34-32-30-28-26-24-22-20-17-14-11-8-5-2/h7-8,10-11,16-17,19-20,23-26,29-32,39,42,46,48,52,54,71H,4-6,9,12-15,18,21-22,27-28,33-38,40-41,43-45,47,49-51,53,55-70H2,1-3H3/b10-7-,11-8-,19-16-,20-17-,25-23-,26-24-,31-29-,32-30-,42-39-,48-46-,54-52-. The van der Waals surface area contributed by atoms with Gasteiger partial charge < -0.3 is 14.2 Å². The zero-order chi connectivity index (χ0) is 57.8. The molecule has 0 aliphatic carbocycles. The van der Waals surface area contributed by atoms with E-state index >= 15 is 0 Å². The van der Waals surface area contributed by atoms with Crippen molar-refractivity contribution in [3.8, 4) is 0 Å². The van der Waals surface area contributed by atoms with E-state index in [2.05, 4.69) is 154 Å². The van der Waals surface area contributed by atoms with Crippen LogP contribution >= 0.6 is 0 Å². The van der Waals surface area contributed by atoms with E-state index in [-0.39, 0.29) is 37.5 Å². The smallest absolute Gasteiger partial charge is 0.306 e. The predicted octanol–water partition coefficient (Wildman–Crippen LogP) is 22.9. The summed E-state index contributed by atoms with van der Waals surface area (Å²) >= 11 is 0. The van der Waals surface area contributed by atoms with Crippen molar-refractivity contribution in [3.63, 3.8) is 0 Å². The molecule has 0 aromatic rings. The summed E-state index contributed by atoms with van der Waals surface area (Å²) in [5.74, 6) is -0.925. The molecule has 454 valence electrons. The minimum Gasteiger partial charge on any atom is -0.462 e. The lowest BCUT2D eigenvalue weighted by Gasteiger charge is -2.18. The quantitative estimate of drug-likeness (QED) is 0.0261. The van der Waals surface area contributed by atoms with Crippen LogP contribution in [0.2, 0.25) is 0 Å². The first-order chi connectivity index (χ1) is 39.5. The maximum Gasteiger partial charge on any atom is 0.306 e. The number of allylic oxidation sites excluding steroid dienone is 22. The summed E-state index contributed by atoms with van der Waals surface area (Å²) in [6.07, 6.45) is 94.9. The van der Waals surface area contributed by atoms with Crippen LogP contribution in [-0.4, -0.2) is 37.2 Å². The van der Waals surface area contributed by atoms with E-state index in [0.29, 0.717) is 12.8 Å². The topological polar surface area (TPSA) is 78.9 Å². The van der Waals surface area contributed by atoms with Crippen LogP contribution in [0.1, 0.15) is 297 Å². The third-order valence-electron chi connectivity index (χ3n) is 13.9. The minimum absolute atomic E-state index is 0.0922. The van der Waals surface area contributed by atoms with Crippen LogP contribution in [0.25, 0.3) is 0 Å². The molecule has 0 rings (SSSR count). The Labute approximate surface area is 494 Å². The van der Waals surface area contributed by atoms with Crippen molar-refractivity contribution < 1.29 is 28.6 Å². The van der Waals surface area contributed by atoms with Gasteiger partial charge >= 0.3 is 17.9 Å².